The third kappa shape index (κ3) is 5.24. The first-order valence-corrected chi connectivity index (χ1v) is 10.5. The van der Waals surface area contributed by atoms with Crippen LogP contribution in [0.15, 0.2) is 77.7 Å². The van der Waals surface area contributed by atoms with Crippen LogP contribution in [0.3, 0.4) is 0 Å². The zero-order valence-corrected chi connectivity index (χ0v) is 17.2. The molecule has 0 saturated carbocycles. The van der Waals surface area contributed by atoms with Gasteiger partial charge in [-0.2, -0.15) is 0 Å². The van der Waals surface area contributed by atoms with E-state index in [1.165, 1.54) is 48.5 Å². The molecule has 0 aliphatic carbocycles. The number of carbonyl (C=O) groups is 2. The molecule has 2 amide bonds. The first-order chi connectivity index (χ1) is 14.7. The molecule has 0 saturated heterocycles. The molecule has 3 aromatic carbocycles. The largest absolute Gasteiger partial charge is 0.322 e. The molecule has 31 heavy (non-hydrogen) atoms. The van der Waals surface area contributed by atoms with E-state index < -0.39 is 26.8 Å². The lowest BCUT2D eigenvalue weighted by Crippen LogP contribution is -2.30. The first-order valence-electron chi connectivity index (χ1n) is 8.65. The van der Waals surface area contributed by atoms with Crippen LogP contribution in [0.4, 0.5) is 11.4 Å². The highest BCUT2D eigenvalue weighted by atomic mass is 35.5. The lowest BCUT2D eigenvalue weighted by molar-refractivity contribution is -0.384. The van der Waals surface area contributed by atoms with Crippen LogP contribution in [-0.2, 0) is 10.0 Å². The molecule has 0 aliphatic rings. The number of rotatable bonds is 6. The van der Waals surface area contributed by atoms with E-state index >= 15 is 0 Å². The SMILES string of the molecule is O=C(NS(=O)(=O)c1ccc(NC(=O)c2cc([N+](=O)[O-])ccc2Cl)cc1)c1ccccc1. The van der Waals surface area contributed by atoms with Gasteiger partial charge in [0.2, 0.25) is 0 Å². The minimum atomic E-state index is -4.14. The molecule has 158 valence electrons. The summed E-state index contributed by atoms with van der Waals surface area (Å²) >= 11 is 5.94. The first kappa shape index (κ1) is 21.9. The zero-order valence-electron chi connectivity index (χ0n) is 15.6. The standard InChI is InChI=1S/C20H14ClN3O6S/c21-18-11-8-15(24(27)28)12-17(18)20(26)22-14-6-9-16(10-7-14)31(29,30)23-19(25)13-4-2-1-3-5-13/h1-12H,(H,22,26)(H,23,25). The molecule has 9 nitrogen and oxygen atoms in total. The predicted octanol–water partition coefficient (Wildman–Crippen LogP) is 3.62. The summed E-state index contributed by atoms with van der Waals surface area (Å²) in [5.41, 5.74) is -0.00228. The highest BCUT2D eigenvalue weighted by Crippen LogP contribution is 2.23. The summed E-state index contributed by atoms with van der Waals surface area (Å²) in [5, 5.41) is 13.4. The maximum atomic E-state index is 12.4. The monoisotopic (exact) mass is 459 g/mol. The molecule has 11 heteroatoms. The van der Waals surface area contributed by atoms with Crippen LogP contribution in [0.2, 0.25) is 5.02 Å². The van der Waals surface area contributed by atoms with Crippen molar-refractivity contribution in [3.8, 4) is 0 Å². The average Bonchev–Trinajstić information content (AvgIpc) is 2.74. The minimum Gasteiger partial charge on any atom is -0.322 e. The van der Waals surface area contributed by atoms with Gasteiger partial charge >= 0.3 is 0 Å². The molecule has 0 aliphatic heterocycles. The van der Waals surface area contributed by atoms with Crippen molar-refractivity contribution in [2.24, 2.45) is 0 Å². The maximum Gasteiger partial charge on any atom is 0.270 e. The summed E-state index contributed by atoms with van der Waals surface area (Å²) < 4.78 is 26.8. The van der Waals surface area contributed by atoms with Gasteiger partial charge in [0.1, 0.15) is 0 Å². The van der Waals surface area contributed by atoms with Crippen LogP contribution in [0.25, 0.3) is 0 Å². The Bertz CT molecular complexity index is 1260. The molecular formula is C20H14ClN3O6S. The number of nitro groups is 1. The Balaban J connectivity index is 1.74. The van der Waals surface area contributed by atoms with E-state index in [9.17, 15) is 28.1 Å². The summed E-state index contributed by atoms with van der Waals surface area (Å²) in [6.45, 7) is 0. The van der Waals surface area contributed by atoms with E-state index in [1.54, 1.807) is 18.2 Å². The highest BCUT2D eigenvalue weighted by Gasteiger charge is 2.19. The Labute approximate surface area is 181 Å². The molecule has 0 radical (unpaired) electrons. The Kier molecular flexibility index (Phi) is 6.33. The molecule has 0 aromatic heterocycles. The Morgan fingerprint density at radius 1 is 0.903 bits per heavy atom. The summed E-state index contributed by atoms with van der Waals surface area (Å²) in [5.74, 6) is -1.49. The number of amides is 2. The number of hydrogen-bond donors (Lipinski definition) is 2. The van der Waals surface area contributed by atoms with Crippen LogP contribution in [0.5, 0.6) is 0 Å². The van der Waals surface area contributed by atoms with Crippen molar-refractivity contribution in [2.75, 3.05) is 5.32 Å². The summed E-state index contributed by atoms with van der Waals surface area (Å²) in [7, 11) is -4.14. The average molecular weight is 460 g/mol. The van der Waals surface area contributed by atoms with E-state index in [0.717, 1.165) is 6.07 Å². The molecule has 0 unspecified atom stereocenters. The Morgan fingerprint density at radius 3 is 2.16 bits per heavy atom. The van der Waals surface area contributed by atoms with Crippen LogP contribution < -0.4 is 10.0 Å². The number of nitrogens with one attached hydrogen (secondary N) is 2. The van der Waals surface area contributed by atoms with Crippen molar-refractivity contribution < 1.29 is 22.9 Å². The lowest BCUT2D eigenvalue weighted by atomic mass is 10.2. The predicted molar refractivity (Wildman–Crippen MR) is 114 cm³/mol. The molecule has 0 atom stereocenters. The van der Waals surface area contributed by atoms with Gasteiger partial charge in [-0.25, -0.2) is 13.1 Å². The van der Waals surface area contributed by atoms with Crippen molar-refractivity contribution in [2.45, 2.75) is 4.90 Å². The zero-order chi connectivity index (χ0) is 22.6. The number of non-ortho nitro benzene ring substituents is 1. The third-order valence-corrected chi connectivity index (χ3v) is 5.77. The molecule has 0 spiro atoms. The highest BCUT2D eigenvalue weighted by molar-refractivity contribution is 7.90. The van der Waals surface area contributed by atoms with Crippen LogP contribution in [0, 0.1) is 10.1 Å². The van der Waals surface area contributed by atoms with Crippen LogP contribution in [0.1, 0.15) is 20.7 Å². The summed E-state index contributed by atoms with van der Waals surface area (Å²) in [6, 6.07) is 16.3. The second-order valence-electron chi connectivity index (χ2n) is 6.20. The number of benzene rings is 3. The van der Waals surface area contributed by atoms with Gasteiger partial charge in [-0.15, -0.1) is 0 Å². The second-order valence-corrected chi connectivity index (χ2v) is 8.29. The molecule has 0 heterocycles. The van der Waals surface area contributed by atoms with E-state index in [-0.39, 0.29) is 32.4 Å². The quantitative estimate of drug-likeness (QED) is 0.427. The summed E-state index contributed by atoms with van der Waals surface area (Å²) in [6.07, 6.45) is 0. The van der Waals surface area contributed by atoms with Crippen molar-refractivity contribution in [3.05, 3.63) is 99.1 Å². The van der Waals surface area contributed by atoms with E-state index in [4.69, 9.17) is 11.6 Å². The number of nitro benzene ring substituents is 1. The number of nitrogens with zero attached hydrogens (tertiary/aromatic N) is 1. The van der Waals surface area contributed by atoms with Gasteiger partial charge < -0.3 is 5.32 Å². The maximum absolute atomic E-state index is 12.4. The fourth-order valence-corrected chi connectivity index (χ4v) is 3.72. The number of sulfonamides is 1. The van der Waals surface area contributed by atoms with Crippen molar-refractivity contribution >= 4 is 44.8 Å². The van der Waals surface area contributed by atoms with Crippen molar-refractivity contribution in [1.29, 1.82) is 0 Å². The Hall–Kier alpha value is -3.76. The fourth-order valence-electron chi connectivity index (χ4n) is 2.55. The number of hydrogen-bond acceptors (Lipinski definition) is 6. The van der Waals surface area contributed by atoms with Crippen LogP contribution in [-0.4, -0.2) is 25.2 Å². The van der Waals surface area contributed by atoms with E-state index in [2.05, 4.69) is 5.32 Å². The molecule has 2 N–H and O–H groups in total. The fraction of sp³-hybridized carbons (Fsp3) is 0. The van der Waals surface area contributed by atoms with E-state index in [1.807, 2.05) is 4.72 Å². The number of anilines is 1. The van der Waals surface area contributed by atoms with Crippen LogP contribution >= 0.6 is 11.6 Å². The van der Waals surface area contributed by atoms with Gasteiger partial charge in [0, 0.05) is 23.4 Å². The van der Waals surface area contributed by atoms with Gasteiger partial charge in [0.25, 0.3) is 27.5 Å². The van der Waals surface area contributed by atoms with Gasteiger partial charge in [-0.1, -0.05) is 29.8 Å². The van der Waals surface area contributed by atoms with Gasteiger partial charge in [0.05, 0.1) is 20.4 Å². The van der Waals surface area contributed by atoms with Gasteiger partial charge in [-0.05, 0) is 42.5 Å². The molecule has 0 fully saturated rings. The molecule has 3 aromatic rings. The topological polar surface area (TPSA) is 135 Å². The van der Waals surface area contributed by atoms with Crippen molar-refractivity contribution in [3.63, 3.8) is 0 Å². The Morgan fingerprint density at radius 2 is 1.55 bits per heavy atom. The second kappa shape index (κ2) is 8.94. The van der Waals surface area contributed by atoms with Gasteiger partial charge in [-0.3, -0.25) is 19.7 Å². The number of halogens is 1. The van der Waals surface area contributed by atoms with Gasteiger partial charge in [0.15, 0.2) is 0 Å². The van der Waals surface area contributed by atoms with Crippen molar-refractivity contribution in [1.82, 2.24) is 4.72 Å². The molecule has 3 rings (SSSR count). The van der Waals surface area contributed by atoms with E-state index in [0.29, 0.717) is 0 Å². The lowest BCUT2D eigenvalue weighted by Gasteiger charge is -2.09. The normalized spacial score (nSPS) is 10.9. The smallest absolute Gasteiger partial charge is 0.270 e. The number of carbonyl (C=O) groups excluding carboxylic acids is 2. The third-order valence-electron chi connectivity index (χ3n) is 4.09. The minimum absolute atomic E-state index is 0.0194. The summed E-state index contributed by atoms with van der Waals surface area (Å²) in [4.78, 5) is 34.5. The molecular weight excluding hydrogens is 446 g/mol. The molecule has 0 bridgehead atoms.